The zero-order chi connectivity index (χ0) is 14.7. The van der Waals surface area contributed by atoms with Gasteiger partial charge in [-0.15, -0.1) is 0 Å². The van der Waals surface area contributed by atoms with Gasteiger partial charge in [-0.3, -0.25) is 4.79 Å². The van der Waals surface area contributed by atoms with E-state index in [2.05, 4.69) is 0 Å². The average Bonchev–Trinajstić information content (AvgIpc) is 2.44. The third-order valence-corrected chi connectivity index (χ3v) is 3.65. The monoisotopic (exact) mass is 288 g/mol. The molecule has 2 aromatic carbocycles. The summed E-state index contributed by atoms with van der Waals surface area (Å²) >= 11 is 6.14. The van der Waals surface area contributed by atoms with Crippen molar-refractivity contribution in [3.63, 3.8) is 0 Å². The summed E-state index contributed by atoms with van der Waals surface area (Å²) in [5.41, 5.74) is 8.54. The number of nitrogens with zero attached hydrogens (tertiary/aromatic N) is 1. The van der Waals surface area contributed by atoms with Crippen LogP contribution in [0.1, 0.15) is 22.8 Å². The normalized spacial score (nSPS) is 10.3. The van der Waals surface area contributed by atoms with E-state index in [1.165, 1.54) is 0 Å². The van der Waals surface area contributed by atoms with E-state index in [9.17, 15) is 4.79 Å². The maximum atomic E-state index is 12.7. The molecule has 0 saturated heterocycles. The minimum absolute atomic E-state index is 0.140. The zero-order valence-corrected chi connectivity index (χ0v) is 12.3. The number of amides is 1. The van der Waals surface area contributed by atoms with Crippen molar-refractivity contribution < 1.29 is 4.79 Å². The fourth-order valence-corrected chi connectivity index (χ4v) is 2.36. The quantitative estimate of drug-likeness (QED) is 0.871. The van der Waals surface area contributed by atoms with Crippen LogP contribution in [-0.4, -0.2) is 12.5 Å². The van der Waals surface area contributed by atoms with Crippen LogP contribution in [0, 0.1) is 6.92 Å². The first-order valence-electron chi connectivity index (χ1n) is 6.47. The van der Waals surface area contributed by atoms with Gasteiger partial charge in [0.05, 0.1) is 16.3 Å². The van der Waals surface area contributed by atoms with E-state index in [-0.39, 0.29) is 5.91 Å². The third kappa shape index (κ3) is 2.63. The third-order valence-electron chi connectivity index (χ3n) is 3.23. The highest BCUT2D eigenvalue weighted by molar-refractivity contribution is 6.36. The molecule has 0 fully saturated rings. The van der Waals surface area contributed by atoms with Crippen LogP contribution in [0.25, 0.3) is 0 Å². The topological polar surface area (TPSA) is 46.3 Å². The first kappa shape index (κ1) is 14.4. The molecule has 0 radical (unpaired) electrons. The molecule has 20 heavy (non-hydrogen) atoms. The Hall–Kier alpha value is -2.00. The van der Waals surface area contributed by atoms with Crippen molar-refractivity contribution in [1.82, 2.24) is 0 Å². The van der Waals surface area contributed by atoms with E-state index in [1.807, 2.05) is 38.1 Å². The van der Waals surface area contributed by atoms with E-state index in [1.54, 1.807) is 23.1 Å². The summed E-state index contributed by atoms with van der Waals surface area (Å²) < 4.78 is 0. The lowest BCUT2D eigenvalue weighted by molar-refractivity contribution is 0.0988. The van der Waals surface area contributed by atoms with Crippen LogP contribution in [0.4, 0.5) is 11.4 Å². The molecular weight excluding hydrogens is 272 g/mol. The Morgan fingerprint density at radius 1 is 1.20 bits per heavy atom. The lowest BCUT2D eigenvalue weighted by Gasteiger charge is -2.23. The van der Waals surface area contributed by atoms with Gasteiger partial charge in [0.25, 0.3) is 5.91 Å². The number of nitrogen functional groups attached to an aromatic ring is 1. The maximum Gasteiger partial charge on any atom is 0.259 e. The van der Waals surface area contributed by atoms with Crippen LogP contribution in [0.2, 0.25) is 5.02 Å². The summed E-state index contributed by atoms with van der Waals surface area (Å²) in [6, 6.07) is 12.9. The molecule has 0 atom stereocenters. The van der Waals surface area contributed by atoms with Crippen LogP contribution in [0.5, 0.6) is 0 Å². The molecule has 0 spiro atoms. The Balaban J connectivity index is 2.45. The number of rotatable bonds is 3. The fourth-order valence-electron chi connectivity index (χ4n) is 2.15. The number of aryl methyl sites for hydroxylation is 1. The van der Waals surface area contributed by atoms with Crippen LogP contribution < -0.4 is 10.6 Å². The van der Waals surface area contributed by atoms with Gasteiger partial charge < -0.3 is 10.6 Å². The Morgan fingerprint density at radius 3 is 2.55 bits per heavy atom. The number of anilines is 2. The minimum atomic E-state index is -0.140. The molecule has 0 aliphatic carbocycles. The summed E-state index contributed by atoms with van der Waals surface area (Å²) in [7, 11) is 0. The molecule has 104 valence electrons. The van der Waals surface area contributed by atoms with Gasteiger partial charge in [-0.2, -0.15) is 0 Å². The lowest BCUT2D eigenvalue weighted by Crippen LogP contribution is -2.31. The van der Waals surface area contributed by atoms with Crippen molar-refractivity contribution in [2.24, 2.45) is 0 Å². The molecule has 0 aliphatic rings. The molecule has 4 heteroatoms. The standard InChI is InChI=1S/C16H17ClN2O/c1-3-19(14-10-5-4-7-11(14)2)16(20)12-8-6-9-13(18)15(12)17/h4-10H,3,18H2,1-2H3. The van der Waals surface area contributed by atoms with Crippen LogP contribution >= 0.6 is 11.6 Å². The summed E-state index contributed by atoms with van der Waals surface area (Å²) in [6.45, 7) is 4.48. The zero-order valence-electron chi connectivity index (χ0n) is 11.6. The van der Waals surface area contributed by atoms with Gasteiger partial charge in [0.2, 0.25) is 0 Å². The van der Waals surface area contributed by atoms with Crippen molar-refractivity contribution in [3.8, 4) is 0 Å². The highest BCUT2D eigenvalue weighted by Crippen LogP contribution is 2.27. The summed E-state index contributed by atoms with van der Waals surface area (Å²) in [6.07, 6.45) is 0. The number of nitrogens with two attached hydrogens (primary N) is 1. The van der Waals surface area contributed by atoms with Crippen LogP contribution in [0.3, 0.4) is 0 Å². The second-order valence-electron chi connectivity index (χ2n) is 4.54. The van der Waals surface area contributed by atoms with Gasteiger partial charge in [-0.25, -0.2) is 0 Å². The van der Waals surface area contributed by atoms with E-state index < -0.39 is 0 Å². The predicted molar refractivity (Wildman–Crippen MR) is 84.4 cm³/mol. The highest BCUT2D eigenvalue weighted by atomic mass is 35.5. The van der Waals surface area contributed by atoms with Gasteiger partial charge in [0, 0.05) is 12.2 Å². The second-order valence-corrected chi connectivity index (χ2v) is 4.92. The van der Waals surface area contributed by atoms with E-state index in [0.29, 0.717) is 22.8 Å². The molecule has 0 bridgehead atoms. The van der Waals surface area contributed by atoms with Gasteiger partial charge in [0.1, 0.15) is 0 Å². The number of hydrogen-bond donors (Lipinski definition) is 1. The average molecular weight is 289 g/mol. The van der Waals surface area contributed by atoms with Gasteiger partial charge >= 0.3 is 0 Å². The molecule has 0 aliphatic heterocycles. The summed E-state index contributed by atoms with van der Waals surface area (Å²) in [4.78, 5) is 14.4. The lowest BCUT2D eigenvalue weighted by atomic mass is 10.1. The molecule has 0 unspecified atom stereocenters. The Kier molecular flexibility index (Phi) is 4.30. The number of halogens is 1. The van der Waals surface area contributed by atoms with Gasteiger partial charge in [0.15, 0.2) is 0 Å². The number of para-hydroxylation sites is 1. The predicted octanol–water partition coefficient (Wildman–Crippen LogP) is 3.90. The summed E-state index contributed by atoms with van der Waals surface area (Å²) in [5, 5.41) is 0.310. The first-order chi connectivity index (χ1) is 9.56. The molecular formula is C16H17ClN2O. The molecule has 0 aromatic heterocycles. The Bertz CT molecular complexity index is 640. The van der Waals surface area contributed by atoms with Crippen LogP contribution in [0.15, 0.2) is 42.5 Å². The highest BCUT2D eigenvalue weighted by Gasteiger charge is 2.20. The molecule has 0 saturated carbocycles. The van der Waals surface area contributed by atoms with E-state index in [4.69, 9.17) is 17.3 Å². The molecule has 1 amide bonds. The number of carbonyl (C=O) groups excluding carboxylic acids is 1. The fraction of sp³-hybridized carbons (Fsp3) is 0.188. The molecule has 2 aromatic rings. The van der Waals surface area contributed by atoms with Gasteiger partial charge in [-0.1, -0.05) is 35.9 Å². The van der Waals surface area contributed by atoms with Crippen molar-refractivity contribution in [2.75, 3.05) is 17.2 Å². The Morgan fingerprint density at radius 2 is 1.90 bits per heavy atom. The smallest absolute Gasteiger partial charge is 0.259 e. The first-order valence-corrected chi connectivity index (χ1v) is 6.85. The SMILES string of the molecule is CCN(C(=O)c1cccc(N)c1Cl)c1ccccc1C. The summed E-state index contributed by atoms with van der Waals surface area (Å²) in [5.74, 6) is -0.140. The minimum Gasteiger partial charge on any atom is -0.398 e. The molecule has 2 rings (SSSR count). The van der Waals surface area contributed by atoms with E-state index >= 15 is 0 Å². The van der Waals surface area contributed by atoms with Crippen molar-refractivity contribution >= 4 is 28.9 Å². The van der Waals surface area contributed by atoms with Crippen LogP contribution in [-0.2, 0) is 0 Å². The Labute approximate surface area is 124 Å². The number of hydrogen-bond acceptors (Lipinski definition) is 2. The maximum absolute atomic E-state index is 12.7. The van der Waals surface area contributed by atoms with Crippen molar-refractivity contribution in [2.45, 2.75) is 13.8 Å². The van der Waals surface area contributed by atoms with Gasteiger partial charge in [-0.05, 0) is 37.6 Å². The number of carbonyl (C=O) groups is 1. The second kappa shape index (κ2) is 5.97. The van der Waals surface area contributed by atoms with Crippen molar-refractivity contribution in [3.05, 3.63) is 58.6 Å². The van der Waals surface area contributed by atoms with E-state index in [0.717, 1.165) is 11.3 Å². The molecule has 0 heterocycles. The molecule has 2 N–H and O–H groups in total. The van der Waals surface area contributed by atoms with Crippen molar-refractivity contribution in [1.29, 1.82) is 0 Å². The largest absolute Gasteiger partial charge is 0.398 e. The molecule has 3 nitrogen and oxygen atoms in total. The number of benzene rings is 2.